The molecule has 1 unspecified atom stereocenters. The molecule has 1 aliphatic heterocycles. The predicted molar refractivity (Wildman–Crippen MR) is 128 cm³/mol. The quantitative estimate of drug-likeness (QED) is 0.589. The van der Waals surface area contributed by atoms with E-state index >= 15 is 0 Å². The van der Waals surface area contributed by atoms with Crippen molar-refractivity contribution in [2.24, 2.45) is 0 Å². The van der Waals surface area contributed by atoms with Crippen molar-refractivity contribution in [1.82, 2.24) is 5.32 Å². The van der Waals surface area contributed by atoms with Crippen molar-refractivity contribution in [3.63, 3.8) is 0 Å². The number of benzene rings is 2. The molecule has 6 nitrogen and oxygen atoms in total. The second-order valence-electron chi connectivity index (χ2n) is 8.63. The third-order valence-corrected chi connectivity index (χ3v) is 7.50. The number of sulfonamides is 1. The average molecular weight is 459 g/mol. The molecule has 2 aromatic rings. The fraction of sp³-hybridized carbons (Fsp3) is 0.480. The Morgan fingerprint density at radius 2 is 1.78 bits per heavy atom. The normalized spacial score (nSPS) is 17.2. The Hall–Kier alpha value is -2.54. The van der Waals surface area contributed by atoms with Crippen LogP contribution in [0.2, 0.25) is 0 Å². The molecule has 0 radical (unpaired) electrons. The van der Waals surface area contributed by atoms with Crippen LogP contribution in [-0.4, -0.2) is 32.7 Å². The second-order valence-corrected chi connectivity index (χ2v) is 10.5. The highest BCUT2D eigenvalue weighted by atomic mass is 32.2. The molecule has 0 spiro atoms. The standard InChI is InChI=1S/C25H34N2O4S/c1-5-25(6-2)18-22(21-10-7-8-11-23(21)31-25)26-24(28)12-9-17-27(32(4,29)30)20-15-13-19(3)14-16-20/h7-8,10-11,13-16,22H,5-6,9,12,17-18H2,1-4H3,(H,26,28). The molecule has 0 bridgehead atoms. The number of ether oxygens (including phenoxy) is 1. The highest BCUT2D eigenvalue weighted by Gasteiger charge is 2.38. The van der Waals surface area contributed by atoms with Gasteiger partial charge in [0.15, 0.2) is 0 Å². The molecule has 0 aliphatic carbocycles. The number of rotatable bonds is 9. The van der Waals surface area contributed by atoms with Crippen LogP contribution in [0.1, 0.15) is 63.1 Å². The molecule has 0 aromatic heterocycles. The van der Waals surface area contributed by atoms with Crippen molar-refractivity contribution >= 4 is 21.6 Å². The molecule has 0 saturated carbocycles. The Bertz CT molecular complexity index is 1030. The van der Waals surface area contributed by atoms with Crippen LogP contribution in [0.3, 0.4) is 0 Å². The monoisotopic (exact) mass is 458 g/mol. The lowest BCUT2D eigenvalue weighted by Gasteiger charge is -2.41. The molecule has 1 amide bonds. The Morgan fingerprint density at radius 3 is 2.41 bits per heavy atom. The molecule has 1 aliphatic rings. The lowest BCUT2D eigenvalue weighted by Crippen LogP contribution is -2.44. The van der Waals surface area contributed by atoms with Crippen LogP contribution in [0.5, 0.6) is 5.75 Å². The fourth-order valence-electron chi connectivity index (χ4n) is 4.28. The van der Waals surface area contributed by atoms with Crippen LogP contribution in [0.15, 0.2) is 48.5 Å². The minimum atomic E-state index is -3.43. The molecule has 7 heteroatoms. The summed E-state index contributed by atoms with van der Waals surface area (Å²) in [5, 5.41) is 3.17. The number of nitrogens with one attached hydrogen (secondary N) is 1. The maximum absolute atomic E-state index is 12.8. The van der Waals surface area contributed by atoms with Crippen molar-refractivity contribution in [1.29, 1.82) is 0 Å². The lowest BCUT2D eigenvalue weighted by molar-refractivity contribution is -0.122. The summed E-state index contributed by atoms with van der Waals surface area (Å²) in [6.07, 6.45) is 4.34. The molecule has 3 rings (SSSR count). The molecular formula is C25H34N2O4S. The minimum absolute atomic E-state index is 0.0785. The van der Waals surface area contributed by atoms with Crippen LogP contribution in [0, 0.1) is 6.92 Å². The number of aryl methyl sites for hydroxylation is 1. The zero-order chi connectivity index (χ0) is 23.4. The van der Waals surface area contributed by atoms with Gasteiger partial charge in [0.05, 0.1) is 18.0 Å². The summed E-state index contributed by atoms with van der Waals surface area (Å²) in [5.41, 5.74) is 2.39. The average Bonchev–Trinajstić information content (AvgIpc) is 2.76. The maximum Gasteiger partial charge on any atom is 0.232 e. The topological polar surface area (TPSA) is 75.7 Å². The van der Waals surface area contributed by atoms with E-state index in [0.717, 1.165) is 36.1 Å². The summed E-state index contributed by atoms with van der Waals surface area (Å²) >= 11 is 0. The number of anilines is 1. The molecule has 2 aromatic carbocycles. The summed E-state index contributed by atoms with van der Waals surface area (Å²) in [6.45, 7) is 6.44. The first-order valence-electron chi connectivity index (χ1n) is 11.3. The van der Waals surface area contributed by atoms with E-state index in [4.69, 9.17) is 4.74 Å². The van der Waals surface area contributed by atoms with E-state index in [1.54, 1.807) is 12.1 Å². The first-order valence-corrected chi connectivity index (χ1v) is 13.1. The number of nitrogens with zero attached hydrogens (tertiary/aromatic N) is 1. The summed E-state index contributed by atoms with van der Waals surface area (Å²) in [7, 11) is -3.43. The first-order chi connectivity index (χ1) is 15.2. The Balaban J connectivity index is 1.65. The van der Waals surface area contributed by atoms with Gasteiger partial charge in [-0.25, -0.2) is 8.42 Å². The van der Waals surface area contributed by atoms with Gasteiger partial charge in [-0.05, 0) is 44.4 Å². The van der Waals surface area contributed by atoms with E-state index in [2.05, 4.69) is 19.2 Å². The summed E-state index contributed by atoms with van der Waals surface area (Å²) in [6, 6.07) is 15.1. The number of hydrogen-bond acceptors (Lipinski definition) is 4. The number of hydrogen-bond donors (Lipinski definition) is 1. The van der Waals surface area contributed by atoms with Crippen LogP contribution in [-0.2, 0) is 14.8 Å². The van der Waals surface area contributed by atoms with Crippen molar-refractivity contribution in [3.05, 3.63) is 59.7 Å². The highest BCUT2D eigenvalue weighted by Crippen LogP contribution is 2.42. The van der Waals surface area contributed by atoms with Crippen molar-refractivity contribution in [2.45, 2.75) is 64.5 Å². The zero-order valence-electron chi connectivity index (χ0n) is 19.4. The van der Waals surface area contributed by atoms with Crippen LogP contribution in [0.4, 0.5) is 5.69 Å². The molecule has 174 valence electrons. The smallest absolute Gasteiger partial charge is 0.232 e. The highest BCUT2D eigenvalue weighted by molar-refractivity contribution is 7.92. The molecule has 1 heterocycles. The van der Waals surface area contributed by atoms with Gasteiger partial charge in [-0.3, -0.25) is 9.10 Å². The molecule has 0 saturated heterocycles. The third-order valence-electron chi connectivity index (χ3n) is 6.31. The van der Waals surface area contributed by atoms with Crippen molar-refractivity contribution in [3.8, 4) is 5.75 Å². The number of carbonyl (C=O) groups excluding carboxylic acids is 1. The zero-order valence-corrected chi connectivity index (χ0v) is 20.2. The predicted octanol–water partition coefficient (Wildman–Crippen LogP) is 4.74. The summed E-state index contributed by atoms with van der Waals surface area (Å²) in [5.74, 6) is 0.750. The van der Waals surface area contributed by atoms with Crippen molar-refractivity contribution < 1.29 is 17.9 Å². The summed E-state index contributed by atoms with van der Waals surface area (Å²) in [4.78, 5) is 12.8. The Morgan fingerprint density at radius 1 is 1.12 bits per heavy atom. The van der Waals surface area contributed by atoms with Crippen LogP contribution in [0.25, 0.3) is 0 Å². The second kappa shape index (κ2) is 9.94. The van der Waals surface area contributed by atoms with Gasteiger partial charge in [-0.15, -0.1) is 0 Å². The van der Waals surface area contributed by atoms with E-state index in [0.29, 0.717) is 12.1 Å². The first kappa shape index (κ1) is 24.1. The Kier molecular flexibility index (Phi) is 7.49. The van der Waals surface area contributed by atoms with Gasteiger partial charge in [0.25, 0.3) is 0 Å². The fourth-order valence-corrected chi connectivity index (χ4v) is 5.24. The molecule has 0 fully saturated rings. The maximum atomic E-state index is 12.8. The van der Waals surface area contributed by atoms with E-state index in [9.17, 15) is 13.2 Å². The SMILES string of the molecule is CCC1(CC)CC(NC(=O)CCCN(c2ccc(C)cc2)S(C)(=O)=O)c2ccccc2O1. The molecule has 1 N–H and O–H groups in total. The minimum Gasteiger partial charge on any atom is -0.487 e. The van der Waals surface area contributed by atoms with Gasteiger partial charge in [-0.2, -0.15) is 0 Å². The van der Waals surface area contributed by atoms with E-state index in [1.165, 1.54) is 10.6 Å². The van der Waals surface area contributed by atoms with Crippen LogP contribution < -0.4 is 14.4 Å². The molecule has 1 atom stereocenters. The van der Waals surface area contributed by atoms with Crippen molar-refractivity contribution in [2.75, 3.05) is 17.1 Å². The number of amides is 1. The summed E-state index contributed by atoms with van der Waals surface area (Å²) < 4.78 is 32.3. The third kappa shape index (κ3) is 5.63. The van der Waals surface area contributed by atoms with Gasteiger partial charge in [0.2, 0.25) is 15.9 Å². The van der Waals surface area contributed by atoms with E-state index in [1.807, 2.05) is 43.3 Å². The van der Waals surface area contributed by atoms with Gasteiger partial charge in [0, 0.05) is 24.9 Å². The Labute approximate surface area is 192 Å². The van der Waals surface area contributed by atoms with E-state index < -0.39 is 10.0 Å². The van der Waals surface area contributed by atoms with Gasteiger partial charge >= 0.3 is 0 Å². The number of carbonyl (C=O) groups is 1. The molecular weight excluding hydrogens is 424 g/mol. The van der Waals surface area contributed by atoms with Gasteiger partial charge in [0.1, 0.15) is 11.4 Å². The largest absolute Gasteiger partial charge is 0.487 e. The number of para-hydroxylation sites is 1. The van der Waals surface area contributed by atoms with Crippen LogP contribution >= 0.6 is 0 Å². The lowest BCUT2D eigenvalue weighted by atomic mass is 9.83. The number of fused-ring (bicyclic) bond motifs is 1. The van der Waals surface area contributed by atoms with Gasteiger partial charge < -0.3 is 10.1 Å². The molecule has 32 heavy (non-hydrogen) atoms. The van der Waals surface area contributed by atoms with E-state index in [-0.39, 0.29) is 30.5 Å². The van der Waals surface area contributed by atoms with Gasteiger partial charge in [-0.1, -0.05) is 49.7 Å².